The standard InChI is InChI=1S/C17H18F3N3O4S/c1-27-16(24)15-10-14(11-21-15)28(25,26)23-7-5-22(6-8-23)13-4-2-3-12(9-13)17(18,19)20/h2-4,9-11,21H,5-8H2,1H3. The predicted octanol–water partition coefficient (Wildman–Crippen LogP) is 2.33. The molecule has 7 nitrogen and oxygen atoms in total. The molecule has 2 aromatic rings. The number of methoxy groups -OCH3 is 1. The normalized spacial score (nSPS) is 16.2. The molecule has 152 valence electrons. The van der Waals surface area contributed by atoms with E-state index in [1.807, 2.05) is 0 Å². The minimum Gasteiger partial charge on any atom is -0.464 e. The number of ether oxygens (including phenoxy) is 1. The van der Waals surface area contributed by atoms with Crippen LogP contribution in [0.4, 0.5) is 18.9 Å². The van der Waals surface area contributed by atoms with E-state index in [4.69, 9.17) is 0 Å². The molecule has 1 aliphatic rings. The number of carbonyl (C=O) groups excluding carboxylic acids is 1. The molecule has 0 atom stereocenters. The van der Waals surface area contributed by atoms with Crippen LogP contribution >= 0.6 is 0 Å². The molecule has 1 saturated heterocycles. The lowest BCUT2D eigenvalue weighted by Gasteiger charge is -2.35. The van der Waals surface area contributed by atoms with Gasteiger partial charge >= 0.3 is 12.1 Å². The van der Waals surface area contributed by atoms with Gasteiger partial charge in [0, 0.05) is 38.1 Å². The maximum atomic E-state index is 12.9. The second kappa shape index (κ2) is 7.47. The van der Waals surface area contributed by atoms with E-state index in [9.17, 15) is 26.4 Å². The Labute approximate surface area is 159 Å². The highest BCUT2D eigenvalue weighted by molar-refractivity contribution is 7.89. The summed E-state index contributed by atoms with van der Waals surface area (Å²) in [5, 5.41) is 0. The fraction of sp³-hybridized carbons (Fsp3) is 0.353. The third-order valence-electron chi connectivity index (χ3n) is 4.48. The number of H-pyrrole nitrogens is 1. The SMILES string of the molecule is COC(=O)c1cc(S(=O)(=O)N2CCN(c3cccc(C(F)(F)F)c3)CC2)c[nH]1. The molecule has 28 heavy (non-hydrogen) atoms. The average Bonchev–Trinajstić information content (AvgIpc) is 3.18. The number of hydrogen-bond donors (Lipinski definition) is 1. The topological polar surface area (TPSA) is 82.7 Å². The molecule has 0 aliphatic carbocycles. The van der Waals surface area contributed by atoms with Crippen molar-refractivity contribution >= 4 is 21.7 Å². The molecular formula is C17H18F3N3O4S. The number of aromatic nitrogens is 1. The van der Waals surface area contributed by atoms with Gasteiger partial charge in [-0.05, 0) is 24.3 Å². The van der Waals surface area contributed by atoms with Gasteiger partial charge in [0.15, 0.2) is 0 Å². The Morgan fingerprint density at radius 1 is 1.14 bits per heavy atom. The maximum absolute atomic E-state index is 12.9. The van der Waals surface area contributed by atoms with Gasteiger partial charge in [-0.1, -0.05) is 6.07 Å². The first-order chi connectivity index (χ1) is 13.1. The summed E-state index contributed by atoms with van der Waals surface area (Å²) in [5.41, 5.74) is -0.340. The van der Waals surface area contributed by atoms with Crippen molar-refractivity contribution in [3.8, 4) is 0 Å². The van der Waals surface area contributed by atoms with Crippen molar-refractivity contribution in [1.82, 2.24) is 9.29 Å². The van der Waals surface area contributed by atoms with Crippen LogP contribution in [-0.2, 0) is 20.9 Å². The van der Waals surface area contributed by atoms with Gasteiger partial charge in [0.2, 0.25) is 10.0 Å². The van der Waals surface area contributed by atoms with E-state index in [0.717, 1.165) is 12.1 Å². The van der Waals surface area contributed by atoms with Crippen LogP contribution in [0, 0.1) is 0 Å². The third-order valence-corrected chi connectivity index (χ3v) is 6.35. The van der Waals surface area contributed by atoms with Crippen LogP contribution in [0.5, 0.6) is 0 Å². The molecule has 0 amide bonds. The van der Waals surface area contributed by atoms with Crippen molar-refractivity contribution in [2.45, 2.75) is 11.1 Å². The first-order valence-electron chi connectivity index (χ1n) is 8.32. The Morgan fingerprint density at radius 3 is 2.43 bits per heavy atom. The third kappa shape index (κ3) is 3.99. The lowest BCUT2D eigenvalue weighted by atomic mass is 10.1. The molecule has 0 saturated carbocycles. The Kier molecular flexibility index (Phi) is 5.39. The van der Waals surface area contributed by atoms with Crippen LogP contribution < -0.4 is 4.90 Å². The van der Waals surface area contributed by atoms with Crippen molar-refractivity contribution in [1.29, 1.82) is 0 Å². The Balaban J connectivity index is 1.71. The van der Waals surface area contributed by atoms with E-state index in [2.05, 4.69) is 9.72 Å². The number of halogens is 3. The lowest BCUT2D eigenvalue weighted by molar-refractivity contribution is -0.137. The monoisotopic (exact) mass is 417 g/mol. The number of alkyl halides is 3. The first-order valence-corrected chi connectivity index (χ1v) is 9.76. The predicted molar refractivity (Wildman–Crippen MR) is 94.5 cm³/mol. The molecule has 3 rings (SSSR count). The minimum atomic E-state index is -4.44. The number of rotatable bonds is 4. The summed E-state index contributed by atoms with van der Waals surface area (Å²) in [6.45, 7) is 0.707. The molecule has 0 unspecified atom stereocenters. The Bertz CT molecular complexity index is 964. The van der Waals surface area contributed by atoms with Gasteiger partial charge in [-0.2, -0.15) is 17.5 Å². The summed E-state index contributed by atoms with van der Waals surface area (Å²) in [6, 6.07) is 6.14. The molecule has 1 aromatic heterocycles. The number of aromatic amines is 1. The first kappa shape index (κ1) is 20.2. The van der Waals surface area contributed by atoms with Crippen LogP contribution in [0.2, 0.25) is 0 Å². The summed E-state index contributed by atoms with van der Waals surface area (Å²) in [5.74, 6) is -0.684. The number of hydrogen-bond acceptors (Lipinski definition) is 5. The summed E-state index contributed by atoms with van der Waals surface area (Å²) in [6.07, 6.45) is -3.23. The molecule has 1 aliphatic heterocycles. The summed E-state index contributed by atoms with van der Waals surface area (Å²) in [4.78, 5) is 15.7. The average molecular weight is 417 g/mol. The zero-order valence-electron chi connectivity index (χ0n) is 14.9. The van der Waals surface area contributed by atoms with Crippen LogP contribution in [0.15, 0.2) is 41.4 Å². The maximum Gasteiger partial charge on any atom is 0.416 e. The minimum absolute atomic E-state index is 0.0173. The number of nitrogens with one attached hydrogen (secondary N) is 1. The van der Waals surface area contributed by atoms with E-state index in [0.29, 0.717) is 5.69 Å². The van der Waals surface area contributed by atoms with E-state index in [-0.39, 0.29) is 36.8 Å². The Morgan fingerprint density at radius 2 is 1.82 bits per heavy atom. The second-order valence-corrected chi connectivity index (χ2v) is 8.12. The van der Waals surface area contributed by atoms with Gasteiger partial charge < -0.3 is 14.6 Å². The largest absolute Gasteiger partial charge is 0.464 e. The lowest BCUT2D eigenvalue weighted by Crippen LogP contribution is -2.48. The van der Waals surface area contributed by atoms with Gasteiger partial charge in [0.05, 0.1) is 12.7 Å². The number of anilines is 1. The highest BCUT2D eigenvalue weighted by Gasteiger charge is 2.33. The van der Waals surface area contributed by atoms with Gasteiger partial charge in [-0.25, -0.2) is 13.2 Å². The molecule has 2 heterocycles. The Hall–Kier alpha value is -2.53. The van der Waals surface area contributed by atoms with Crippen molar-refractivity contribution < 1.29 is 31.1 Å². The van der Waals surface area contributed by atoms with Crippen LogP contribution in [-0.4, -0.2) is 57.0 Å². The van der Waals surface area contributed by atoms with Gasteiger partial charge in [-0.15, -0.1) is 0 Å². The van der Waals surface area contributed by atoms with Gasteiger partial charge in [-0.3, -0.25) is 0 Å². The highest BCUT2D eigenvalue weighted by Crippen LogP contribution is 2.32. The van der Waals surface area contributed by atoms with Crippen molar-refractivity contribution in [2.24, 2.45) is 0 Å². The molecule has 0 bridgehead atoms. The molecule has 1 fully saturated rings. The second-order valence-electron chi connectivity index (χ2n) is 6.18. The number of nitrogens with zero attached hydrogens (tertiary/aromatic N) is 2. The quantitative estimate of drug-likeness (QED) is 0.773. The fourth-order valence-electron chi connectivity index (χ4n) is 2.97. The van der Waals surface area contributed by atoms with Crippen LogP contribution in [0.25, 0.3) is 0 Å². The number of benzene rings is 1. The van der Waals surface area contributed by atoms with Gasteiger partial charge in [0.1, 0.15) is 10.6 Å². The zero-order valence-corrected chi connectivity index (χ0v) is 15.7. The smallest absolute Gasteiger partial charge is 0.416 e. The van der Waals surface area contributed by atoms with Crippen LogP contribution in [0.3, 0.4) is 0 Å². The molecule has 1 N–H and O–H groups in total. The highest BCUT2D eigenvalue weighted by atomic mass is 32.2. The summed E-state index contributed by atoms with van der Waals surface area (Å²) < 4.78 is 69.9. The molecule has 0 radical (unpaired) electrons. The van der Waals surface area contributed by atoms with Crippen molar-refractivity contribution in [3.63, 3.8) is 0 Å². The molecular weight excluding hydrogens is 399 g/mol. The number of esters is 1. The van der Waals surface area contributed by atoms with E-state index < -0.39 is 27.7 Å². The zero-order chi connectivity index (χ0) is 20.5. The van der Waals surface area contributed by atoms with E-state index in [1.54, 1.807) is 11.0 Å². The van der Waals surface area contributed by atoms with Crippen LogP contribution in [0.1, 0.15) is 16.1 Å². The number of sulfonamides is 1. The van der Waals surface area contributed by atoms with E-state index in [1.165, 1.54) is 29.7 Å². The molecule has 1 aromatic carbocycles. The number of carbonyl (C=O) groups is 1. The fourth-order valence-corrected chi connectivity index (χ4v) is 4.38. The van der Waals surface area contributed by atoms with E-state index >= 15 is 0 Å². The van der Waals surface area contributed by atoms with Crippen molar-refractivity contribution in [3.05, 3.63) is 47.8 Å². The summed E-state index contributed by atoms with van der Waals surface area (Å²) in [7, 11) is -2.65. The molecule has 11 heteroatoms. The van der Waals surface area contributed by atoms with Gasteiger partial charge in [0.25, 0.3) is 0 Å². The molecule has 0 spiro atoms. The van der Waals surface area contributed by atoms with Crippen molar-refractivity contribution in [2.75, 3.05) is 38.2 Å². The number of piperazine rings is 1. The summed E-state index contributed by atoms with van der Waals surface area (Å²) >= 11 is 0.